The molecule has 0 aliphatic rings. The molecule has 7 nitrogen and oxygen atoms in total. The second kappa shape index (κ2) is 7.30. The summed E-state index contributed by atoms with van der Waals surface area (Å²) in [5.74, 6) is 0.313. The van der Waals surface area contributed by atoms with E-state index >= 15 is 0 Å². The van der Waals surface area contributed by atoms with Crippen LogP contribution < -0.4 is 10.0 Å². The lowest BCUT2D eigenvalue weighted by molar-refractivity contribution is 0.102. The second-order valence-corrected chi connectivity index (χ2v) is 8.01. The molecule has 0 radical (unpaired) electrons. The van der Waals surface area contributed by atoms with Crippen LogP contribution in [0.15, 0.2) is 68.5 Å². The maximum Gasteiger partial charge on any atom is 0.263 e. The van der Waals surface area contributed by atoms with Crippen molar-refractivity contribution >= 4 is 43.4 Å². The molecule has 0 atom stereocenters. The molecule has 2 aromatic carbocycles. The van der Waals surface area contributed by atoms with Crippen LogP contribution >= 0.6 is 15.9 Å². The van der Waals surface area contributed by atoms with E-state index in [1.807, 2.05) is 0 Å². The molecule has 0 unspecified atom stereocenters. The van der Waals surface area contributed by atoms with Crippen LogP contribution in [-0.4, -0.2) is 19.5 Å². The molecule has 3 rings (SSSR count). The standard InChI is InChI=1S/C17H14BrN3O4S/c1-11-10-16(20-25-11)21-26(23,24)15-8-6-14(7-9-15)19-17(22)12-2-4-13(18)5-3-12/h2-10H,1H3,(H,19,22)(H,20,21). The number of benzene rings is 2. The maximum atomic E-state index is 12.3. The van der Waals surface area contributed by atoms with Crippen molar-refractivity contribution in [1.29, 1.82) is 0 Å². The van der Waals surface area contributed by atoms with Gasteiger partial charge in [0.15, 0.2) is 5.82 Å². The number of halogens is 1. The topological polar surface area (TPSA) is 101 Å². The zero-order chi connectivity index (χ0) is 18.7. The Morgan fingerprint density at radius 3 is 2.31 bits per heavy atom. The molecule has 0 aliphatic heterocycles. The number of nitrogens with zero attached hydrogens (tertiary/aromatic N) is 1. The molecule has 0 spiro atoms. The highest BCUT2D eigenvalue weighted by Crippen LogP contribution is 2.19. The van der Waals surface area contributed by atoms with Crippen LogP contribution in [0.1, 0.15) is 16.1 Å². The lowest BCUT2D eigenvalue weighted by Gasteiger charge is -2.08. The molecule has 1 amide bonds. The Labute approximate surface area is 158 Å². The molecule has 1 aromatic heterocycles. The van der Waals surface area contributed by atoms with Gasteiger partial charge in [0, 0.05) is 21.8 Å². The molecule has 0 bridgehead atoms. The van der Waals surface area contributed by atoms with Crippen LogP contribution in [0, 0.1) is 6.92 Å². The first-order valence-corrected chi connectivity index (χ1v) is 9.74. The third-order valence-corrected chi connectivity index (χ3v) is 5.30. The van der Waals surface area contributed by atoms with E-state index in [2.05, 4.69) is 31.1 Å². The first-order valence-electron chi connectivity index (χ1n) is 7.47. The Morgan fingerprint density at radius 2 is 1.73 bits per heavy atom. The predicted octanol–water partition coefficient (Wildman–Crippen LogP) is 3.80. The molecule has 2 N–H and O–H groups in total. The summed E-state index contributed by atoms with van der Waals surface area (Å²) in [5.41, 5.74) is 0.974. The van der Waals surface area contributed by atoms with Crippen LogP contribution in [0.25, 0.3) is 0 Å². The Hall–Kier alpha value is -2.65. The largest absolute Gasteiger partial charge is 0.360 e. The molecule has 26 heavy (non-hydrogen) atoms. The lowest BCUT2D eigenvalue weighted by atomic mass is 10.2. The maximum absolute atomic E-state index is 12.3. The Morgan fingerprint density at radius 1 is 1.08 bits per heavy atom. The van der Waals surface area contributed by atoms with E-state index < -0.39 is 10.0 Å². The summed E-state index contributed by atoms with van der Waals surface area (Å²) in [6, 6.07) is 14.2. The summed E-state index contributed by atoms with van der Waals surface area (Å²) >= 11 is 3.31. The number of hydrogen-bond acceptors (Lipinski definition) is 5. The number of aromatic nitrogens is 1. The predicted molar refractivity (Wildman–Crippen MR) is 101 cm³/mol. The fourth-order valence-electron chi connectivity index (χ4n) is 2.13. The van der Waals surface area contributed by atoms with Gasteiger partial charge in [-0.2, -0.15) is 0 Å². The summed E-state index contributed by atoms with van der Waals surface area (Å²) in [7, 11) is -3.79. The van der Waals surface area contributed by atoms with Gasteiger partial charge in [-0.05, 0) is 55.5 Å². The number of sulfonamides is 1. The molecule has 3 aromatic rings. The first-order chi connectivity index (χ1) is 12.3. The molecule has 0 fully saturated rings. The van der Waals surface area contributed by atoms with Gasteiger partial charge >= 0.3 is 0 Å². The van der Waals surface area contributed by atoms with E-state index in [0.717, 1.165) is 4.47 Å². The zero-order valence-corrected chi connectivity index (χ0v) is 16.0. The van der Waals surface area contributed by atoms with Gasteiger partial charge in [0.1, 0.15) is 5.76 Å². The van der Waals surface area contributed by atoms with Crippen molar-refractivity contribution in [3.05, 3.63) is 70.4 Å². The number of aryl methyl sites for hydroxylation is 1. The SMILES string of the molecule is Cc1cc(NS(=O)(=O)c2ccc(NC(=O)c3ccc(Br)cc3)cc2)no1. The van der Waals surface area contributed by atoms with E-state index in [9.17, 15) is 13.2 Å². The molecule has 0 aliphatic carbocycles. The highest BCUT2D eigenvalue weighted by Gasteiger charge is 2.16. The van der Waals surface area contributed by atoms with E-state index in [1.165, 1.54) is 30.3 Å². The van der Waals surface area contributed by atoms with Crippen LogP contribution in [0.5, 0.6) is 0 Å². The van der Waals surface area contributed by atoms with Gasteiger partial charge in [-0.3, -0.25) is 9.52 Å². The minimum atomic E-state index is -3.79. The van der Waals surface area contributed by atoms with Crippen molar-refractivity contribution in [2.24, 2.45) is 0 Å². The zero-order valence-electron chi connectivity index (χ0n) is 13.6. The highest BCUT2D eigenvalue weighted by molar-refractivity contribution is 9.10. The van der Waals surface area contributed by atoms with Crippen molar-refractivity contribution < 1.29 is 17.7 Å². The van der Waals surface area contributed by atoms with Gasteiger partial charge < -0.3 is 9.84 Å². The summed E-state index contributed by atoms with van der Waals surface area (Å²) in [5, 5.41) is 6.31. The number of anilines is 2. The number of nitrogens with one attached hydrogen (secondary N) is 2. The number of amides is 1. The average molecular weight is 436 g/mol. The Balaban J connectivity index is 1.71. The van der Waals surface area contributed by atoms with Crippen molar-refractivity contribution in [3.63, 3.8) is 0 Å². The quantitative estimate of drug-likeness (QED) is 0.634. The van der Waals surface area contributed by atoms with Gasteiger partial charge in [-0.15, -0.1) is 0 Å². The molecular formula is C17H14BrN3O4S. The van der Waals surface area contributed by atoms with Crippen LogP contribution in [-0.2, 0) is 10.0 Å². The summed E-state index contributed by atoms with van der Waals surface area (Å²) in [6.07, 6.45) is 0. The summed E-state index contributed by atoms with van der Waals surface area (Å²) < 4.78 is 32.7. The van der Waals surface area contributed by atoms with Gasteiger partial charge in [-0.1, -0.05) is 21.1 Å². The molecular weight excluding hydrogens is 422 g/mol. The Kier molecular flexibility index (Phi) is 5.10. The van der Waals surface area contributed by atoms with Gasteiger partial charge in [0.05, 0.1) is 4.90 Å². The third-order valence-electron chi connectivity index (χ3n) is 3.40. The minimum Gasteiger partial charge on any atom is -0.360 e. The minimum absolute atomic E-state index is 0.0415. The third kappa shape index (κ3) is 4.30. The fraction of sp³-hybridized carbons (Fsp3) is 0.0588. The van der Waals surface area contributed by atoms with E-state index in [1.54, 1.807) is 31.2 Å². The highest BCUT2D eigenvalue weighted by atomic mass is 79.9. The monoisotopic (exact) mass is 435 g/mol. The first kappa shape index (κ1) is 18.2. The van der Waals surface area contributed by atoms with Crippen LogP contribution in [0.4, 0.5) is 11.5 Å². The molecule has 0 saturated carbocycles. The van der Waals surface area contributed by atoms with Gasteiger partial charge in [-0.25, -0.2) is 8.42 Å². The smallest absolute Gasteiger partial charge is 0.263 e. The van der Waals surface area contributed by atoms with E-state index in [4.69, 9.17) is 4.52 Å². The molecule has 1 heterocycles. The number of hydrogen-bond donors (Lipinski definition) is 2. The number of carbonyl (C=O) groups excluding carboxylic acids is 1. The fourth-order valence-corrected chi connectivity index (χ4v) is 3.38. The molecule has 9 heteroatoms. The number of carbonyl (C=O) groups is 1. The van der Waals surface area contributed by atoms with Crippen molar-refractivity contribution in [2.75, 3.05) is 10.0 Å². The van der Waals surface area contributed by atoms with Gasteiger partial charge in [0.2, 0.25) is 0 Å². The molecule has 0 saturated heterocycles. The second-order valence-electron chi connectivity index (χ2n) is 5.41. The lowest BCUT2D eigenvalue weighted by Crippen LogP contribution is -2.14. The van der Waals surface area contributed by atoms with E-state index in [-0.39, 0.29) is 16.6 Å². The van der Waals surface area contributed by atoms with Gasteiger partial charge in [0.25, 0.3) is 15.9 Å². The molecule has 134 valence electrons. The van der Waals surface area contributed by atoms with Crippen molar-refractivity contribution in [2.45, 2.75) is 11.8 Å². The average Bonchev–Trinajstić information content (AvgIpc) is 3.00. The van der Waals surface area contributed by atoms with E-state index in [0.29, 0.717) is 17.0 Å². The Bertz CT molecular complexity index is 1030. The summed E-state index contributed by atoms with van der Waals surface area (Å²) in [6.45, 7) is 1.66. The van der Waals surface area contributed by atoms with Crippen LogP contribution in [0.3, 0.4) is 0 Å². The summed E-state index contributed by atoms with van der Waals surface area (Å²) in [4.78, 5) is 12.2. The normalized spacial score (nSPS) is 11.2. The number of rotatable bonds is 5. The van der Waals surface area contributed by atoms with Crippen LogP contribution in [0.2, 0.25) is 0 Å². The van der Waals surface area contributed by atoms with Crippen molar-refractivity contribution in [3.8, 4) is 0 Å². The van der Waals surface area contributed by atoms with Crippen molar-refractivity contribution in [1.82, 2.24) is 5.16 Å².